The van der Waals surface area contributed by atoms with Crippen LogP contribution in [0.25, 0.3) is 0 Å². The number of benzene rings is 3. The summed E-state index contributed by atoms with van der Waals surface area (Å²) in [7, 11) is 0. The Morgan fingerprint density at radius 2 is 1.41 bits per heavy atom. The largest absolute Gasteiger partial charge is 0.488 e. The van der Waals surface area contributed by atoms with Gasteiger partial charge in [0.25, 0.3) is 0 Å². The molecule has 0 bridgehead atoms. The van der Waals surface area contributed by atoms with E-state index in [0.717, 1.165) is 57.4 Å². The monoisotopic (exact) mass is 681 g/mol. The van der Waals surface area contributed by atoms with Crippen molar-refractivity contribution >= 4 is 33.5 Å². The topological polar surface area (TPSA) is 83.9 Å². The number of halogens is 1. The molecule has 0 spiro atoms. The number of Topliss-reactive ketones (excluding diaryl/α,β-unsaturated/α-hetero) is 2. The van der Waals surface area contributed by atoms with Crippen molar-refractivity contribution in [3.63, 3.8) is 0 Å². The third kappa shape index (κ3) is 6.48. The fourth-order valence-corrected chi connectivity index (χ4v) is 7.77. The third-order valence-corrected chi connectivity index (χ3v) is 9.99. The van der Waals surface area contributed by atoms with Crippen LogP contribution in [0.2, 0.25) is 0 Å². The van der Waals surface area contributed by atoms with Crippen LogP contribution >= 0.6 is 15.9 Å². The highest BCUT2D eigenvalue weighted by Crippen LogP contribution is 2.54. The summed E-state index contributed by atoms with van der Waals surface area (Å²) in [6, 6.07) is 22.9. The predicted octanol–water partition coefficient (Wildman–Crippen LogP) is 8.65. The Balaban J connectivity index is 1.39. The Morgan fingerprint density at radius 1 is 0.826 bits per heavy atom. The zero-order chi connectivity index (χ0) is 32.8. The summed E-state index contributed by atoms with van der Waals surface area (Å²) in [6.07, 6.45) is 3.25. The van der Waals surface area contributed by atoms with Gasteiger partial charge in [0, 0.05) is 47.8 Å². The van der Waals surface area contributed by atoms with Crippen LogP contribution in [0.4, 0.5) is 0 Å². The highest BCUT2D eigenvalue weighted by atomic mass is 79.9. The first-order valence-corrected chi connectivity index (χ1v) is 16.7. The van der Waals surface area contributed by atoms with Crippen LogP contribution in [0, 0.1) is 10.8 Å². The van der Waals surface area contributed by atoms with Crippen LogP contribution in [-0.4, -0.2) is 34.1 Å². The molecule has 3 aliphatic rings. The summed E-state index contributed by atoms with van der Waals surface area (Å²) >= 11 is 3.71. The average Bonchev–Trinajstić information content (AvgIpc) is 2.98. The van der Waals surface area contributed by atoms with E-state index >= 15 is 0 Å². The standard InChI is InChI=1S/C39H40BrNO5/c1-38(2)19-29-35(31(42)21-38)34(27-14-15-33(28(40)18-27)46-23-25-10-12-26(13-11-25)37(44)45)36-30(20-39(3,4)22-32(36)43)41(29)17-16-24-8-6-5-7-9-24/h5-15,18,34H,16-17,19-23H2,1-4H3,(H,44,45). The summed E-state index contributed by atoms with van der Waals surface area (Å²) in [5.41, 5.74) is 6.49. The molecule has 7 heteroatoms. The molecule has 0 atom stereocenters. The molecule has 2 aliphatic carbocycles. The molecule has 0 unspecified atom stereocenters. The lowest BCUT2D eigenvalue weighted by Gasteiger charge is -2.49. The number of carboxylic acids is 1. The Labute approximate surface area is 279 Å². The van der Waals surface area contributed by atoms with E-state index in [2.05, 4.69) is 72.8 Å². The Morgan fingerprint density at radius 3 is 1.96 bits per heavy atom. The third-order valence-electron chi connectivity index (χ3n) is 9.37. The molecule has 0 aromatic heterocycles. The molecule has 0 saturated carbocycles. The van der Waals surface area contributed by atoms with Gasteiger partial charge in [-0.15, -0.1) is 0 Å². The van der Waals surface area contributed by atoms with Gasteiger partial charge in [0.05, 0.1) is 10.0 Å². The lowest BCUT2D eigenvalue weighted by Crippen LogP contribution is -2.45. The molecule has 0 fully saturated rings. The molecular weight excluding hydrogens is 642 g/mol. The van der Waals surface area contributed by atoms with Crippen molar-refractivity contribution in [1.82, 2.24) is 4.90 Å². The number of hydrogen-bond acceptors (Lipinski definition) is 5. The predicted molar refractivity (Wildman–Crippen MR) is 182 cm³/mol. The lowest BCUT2D eigenvalue weighted by molar-refractivity contribution is -0.119. The van der Waals surface area contributed by atoms with E-state index in [0.29, 0.717) is 25.1 Å². The van der Waals surface area contributed by atoms with Crippen LogP contribution in [0.1, 0.15) is 86.3 Å². The number of carbonyl (C=O) groups excluding carboxylic acids is 2. The molecule has 1 aliphatic heterocycles. The summed E-state index contributed by atoms with van der Waals surface area (Å²) < 4.78 is 6.84. The fourth-order valence-electron chi connectivity index (χ4n) is 7.25. The normalized spacial score (nSPS) is 19.2. The number of nitrogens with zero attached hydrogens (tertiary/aromatic N) is 1. The van der Waals surface area contributed by atoms with Crippen LogP contribution in [-0.2, 0) is 22.6 Å². The first kappa shape index (κ1) is 32.0. The van der Waals surface area contributed by atoms with Crippen molar-refractivity contribution in [3.05, 3.63) is 122 Å². The van der Waals surface area contributed by atoms with Gasteiger partial charge >= 0.3 is 5.97 Å². The van der Waals surface area contributed by atoms with Crippen molar-refractivity contribution in [2.24, 2.45) is 10.8 Å². The first-order valence-electron chi connectivity index (χ1n) is 15.9. The van der Waals surface area contributed by atoms with Gasteiger partial charge in [0.2, 0.25) is 0 Å². The minimum Gasteiger partial charge on any atom is -0.488 e. The van der Waals surface area contributed by atoms with E-state index in [1.807, 2.05) is 24.3 Å². The molecule has 3 aromatic carbocycles. The van der Waals surface area contributed by atoms with Gasteiger partial charge in [-0.25, -0.2) is 4.79 Å². The van der Waals surface area contributed by atoms with Crippen molar-refractivity contribution in [1.29, 1.82) is 0 Å². The number of carboxylic acid groups (broad SMARTS) is 1. The summed E-state index contributed by atoms with van der Waals surface area (Å²) in [4.78, 5) is 41.8. The zero-order valence-corrected chi connectivity index (χ0v) is 28.4. The number of ketones is 2. The zero-order valence-electron chi connectivity index (χ0n) is 26.9. The molecule has 0 radical (unpaired) electrons. The van der Waals surface area contributed by atoms with E-state index in [1.165, 1.54) is 5.56 Å². The van der Waals surface area contributed by atoms with E-state index in [4.69, 9.17) is 4.74 Å². The highest BCUT2D eigenvalue weighted by molar-refractivity contribution is 9.10. The number of allylic oxidation sites excluding steroid dienone is 4. The molecule has 3 aromatic rings. The molecule has 1 N–H and O–H groups in total. The average molecular weight is 683 g/mol. The van der Waals surface area contributed by atoms with Crippen molar-refractivity contribution in [2.45, 2.75) is 72.3 Å². The van der Waals surface area contributed by atoms with Crippen molar-refractivity contribution in [2.75, 3.05) is 6.54 Å². The van der Waals surface area contributed by atoms with Crippen molar-refractivity contribution < 1.29 is 24.2 Å². The van der Waals surface area contributed by atoms with Gasteiger partial charge in [-0.05, 0) is 87.0 Å². The Bertz CT molecular complexity index is 1710. The molecule has 0 amide bonds. The van der Waals surface area contributed by atoms with Gasteiger partial charge in [0.1, 0.15) is 12.4 Å². The van der Waals surface area contributed by atoms with Crippen LogP contribution in [0.5, 0.6) is 5.75 Å². The number of rotatable bonds is 8. The van der Waals surface area contributed by atoms with Gasteiger partial charge in [-0.1, -0.05) is 76.2 Å². The molecule has 1 heterocycles. The van der Waals surface area contributed by atoms with Gasteiger partial charge in [-0.2, -0.15) is 0 Å². The maximum atomic E-state index is 14.1. The van der Waals surface area contributed by atoms with Gasteiger partial charge < -0.3 is 14.7 Å². The second kappa shape index (κ2) is 12.3. The molecule has 6 nitrogen and oxygen atoms in total. The van der Waals surface area contributed by atoms with Gasteiger partial charge in [-0.3, -0.25) is 9.59 Å². The quantitative estimate of drug-likeness (QED) is 0.256. The number of ether oxygens (including phenoxy) is 1. The fraction of sp³-hybridized carbons (Fsp3) is 0.359. The number of aromatic carboxylic acids is 1. The highest BCUT2D eigenvalue weighted by Gasteiger charge is 2.48. The van der Waals surface area contributed by atoms with Crippen molar-refractivity contribution in [3.8, 4) is 5.75 Å². The van der Waals surface area contributed by atoms with Crippen LogP contribution < -0.4 is 4.74 Å². The number of hydrogen-bond donors (Lipinski definition) is 1. The summed E-state index contributed by atoms with van der Waals surface area (Å²) in [6.45, 7) is 9.63. The Hall–Kier alpha value is -3.97. The minimum atomic E-state index is -0.968. The van der Waals surface area contributed by atoms with Crippen LogP contribution in [0.15, 0.2) is 99.8 Å². The Kier molecular flexibility index (Phi) is 8.57. The SMILES string of the molecule is CC1(C)CC(=O)C2=C(C1)N(CCc1ccccc1)C1=C(C(=O)CC(C)(C)C1)C2c1ccc(OCc2ccc(C(=O)O)cc2)c(Br)c1. The summed E-state index contributed by atoms with van der Waals surface area (Å²) in [5, 5.41) is 9.18. The van der Waals surface area contributed by atoms with Crippen LogP contribution in [0.3, 0.4) is 0 Å². The molecule has 46 heavy (non-hydrogen) atoms. The molecular formula is C39H40BrNO5. The maximum absolute atomic E-state index is 14.1. The molecule has 238 valence electrons. The van der Waals surface area contributed by atoms with E-state index < -0.39 is 11.9 Å². The van der Waals surface area contributed by atoms with E-state index in [9.17, 15) is 19.5 Å². The minimum absolute atomic E-state index is 0.117. The van der Waals surface area contributed by atoms with E-state index in [-0.39, 0.29) is 34.6 Å². The van der Waals surface area contributed by atoms with Gasteiger partial charge in [0.15, 0.2) is 11.6 Å². The second-order valence-corrected chi connectivity index (χ2v) is 15.3. The molecule has 0 saturated heterocycles. The maximum Gasteiger partial charge on any atom is 0.335 e. The van der Waals surface area contributed by atoms with E-state index in [1.54, 1.807) is 24.3 Å². The summed E-state index contributed by atoms with van der Waals surface area (Å²) in [5.74, 6) is -0.539. The first-order chi connectivity index (χ1) is 21.8. The number of carbonyl (C=O) groups is 3. The second-order valence-electron chi connectivity index (χ2n) is 14.4. The smallest absolute Gasteiger partial charge is 0.335 e. The lowest BCUT2D eigenvalue weighted by atomic mass is 9.63. The molecule has 6 rings (SSSR count).